The van der Waals surface area contributed by atoms with Crippen LogP contribution in [-0.2, 0) is 6.54 Å². The maximum Gasteiger partial charge on any atom is 0.0958 e. The molecule has 0 radical (unpaired) electrons. The van der Waals surface area contributed by atoms with Crippen LogP contribution in [0.5, 0.6) is 0 Å². The van der Waals surface area contributed by atoms with Crippen LogP contribution in [0.2, 0.25) is 0 Å². The first-order valence-corrected chi connectivity index (χ1v) is 4.96. The molecular weight excluding hydrogens is 174 g/mol. The Morgan fingerprint density at radius 2 is 2.29 bits per heavy atom. The van der Waals surface area contributed by atoms with E-state index < -0.39 is 0 Å². The van der Waals surface area contributed by atoms with Crippen LogP contribution in [0.1, 0.15) is 7.85 Å². The van der Waals surface area contributed by atoms with Gasteiger partial charge in [0.05, 0.1) is 17.4 Å². The minimum absolute atomic E-state index is 0. The van der Waals surface area contributed by atoms with E-state index in [2.05, 4.69) is 27.0 Å². The predicted molar refractivity (Wildman–Crippen MR) is 60.4 cm³/mol. The third kappa shape index (κ3) is 1.77. The van der Waals surface area contributed by atoms with Gasteiger partial charge in [-0.15, -0.1) is 0 Å². The molecule has 0 amide bonds. The summed E-state index contributed by atoms with van der Waals surface area (Å²) in [6.45, 7) is 2.08. The fourth-order valence-corrected chi connectivity index (χ4v) is 1.61. The predicted octanol–water partition coefficient (Wildman–Crippen LogP) is 1.89. The Morgan fingerprint density at radius 3 is 3.14 bits per heavy atom. The van der Waals surface area contributed by atoms with Crippen molar-refractivity contribution in [1.82, 2.24) is 14.9 Å². The molecule has 0 atom stereocenters. The lowest BCUT2D eigenvalue weighted by atomic mass is 10.3. The quantitative estimate of drug-likeness (QED) is 0.748. The van der Waals surface area contributed by atoms with Gasteiger partial charge in [0.25, 0.3) is 0 Å². The third-order valence-corrected chi connectivity index (χ3v) is 2.35. The van der Waals surface area contributed by atoms with E-state index in [1.165, 1.54) is 5.52 Å². The molecule has 3 nitrogen and oxygen atoms in total. The highest BCUT2D eigenvalue weighted by Gasteiger charge is 1.99. The van der Waals surface area contributed by atoms with Crippen LogP contribution >= 0.6 is 0 Å². The van der Waals surface area contributed by atoms with Gasteiger partial charge in [-0.05, 0) is 32.1 Å². The fourth-order valence-electron chi connectivity index (χ4n) is 1.61. The summed E-state index contributed by atoms with van der Waals surface area (Å²) in [4.78, 5) is 4.34. The Bertz CT molecular complexity index is 411. The minimum Gasteiger partial charge on any atom is -0.331 e. The van der Waals surface area contributed by atoms with E-state index in [4.69, 9.17) is 0 Å². The topological polar surface area (TPSA) is 29.9 Å². The summed E-state index contributed by atoms with van der Waals surface area (Å²) in [5.74, 6) is 0. The van der Waals surface area contributed by atoms with E-state index in [1.807, 2.05) is 25.5 Å². The molecule has 3 heteroatoms. The number of nitrogens with zero attached hydrogens (tertiary/aromatic N) is 2. The van der Waals surface area contributed by atoms with E-state index in [-0.39, 0.29) is 1.43 Å². The maximum absolute atomic E-state index is 4.34. The zero-order valence-corrected chi connectivity index (χ0v) is 8.40. The normalized spacial score (nSPS) is 10.9. The fraction of sp³-hybridized carbons (Fsp3) is 0.364. The van der Waals surface area contributed by atoms with Gasteiger partial charge in [0.15, 0.2) is 0 Å². The van der Waals surface area contributed by atoms with Crippen molar-refractivity contribution >= 4 is 11.0 Å². The molecule has 0 fully saturated rings. The molecule has 1 heterocycles. The first-order chi connectivity index (χ1) is 6.92. The van der Waals surface area contributed by atoms with E-state index >= 15 is 0 Å². The number of fused-ring (bicyclic) bond motifs is 1. The van der Waals surface area contributed by atoms with E-state index in [1.54, 1.807) is 0 Å². The van der Waals surface area contributed by atoms with Crippen molar-refractivity contribution in [3.8, 4) is 0 Å². The molecule has 14 heavy (non-hydrogen) atoms. The Balaban J connectivity index is 0.00000112. The highest BCUT2D eigenvalue weighted by Crippen LogP contribution is 2.11. The van der Waals surface area contributed by atoms with Crippen molar-refractivity contribution in [1.29, 1.82) is 0 Å². The van der Waals surface area contributed by atoms with Crippen LogP contribution in [0.15, 0.2) is 30.6 Å². The Morgan fingerprint density at radius 1 is 1.43 bits per heavy atom. The van der Waals surface area contributed by atoms with Crippen molar-refractivity contribution in [3.63, 3.8) is 0 Å². The lowest BCUT2D eigenvalue weighted by Crippen LogP contribution is -2.10. The van der Waals surface area contributed by atoms with Crippen LogP contribution in [0, 0.1) is 0 Å². The van der Waals surface area contributed by atoms with Crippen LogP contribution in [0.25, 0.3) is 11.0 Å². The highest BCUT2D eigenvalue weighted by atomic mass is 15.0. The summed E-state index contributed by atoms with van der Waals surface area (Å²) in [5, 5.41) is 3.14. The van der Waals surface area contributed by atoms with Gasteiger partial charge < -0.3 is 9.88 Å². The van der Waals surface area contributed by atoms with Crippen LogP contribution in [0.3, 0.4) is 0 Å². The number of hydrogen-bond acceptors (Lipinski definition) is 2. The smallest absolute Gasteiger partial charge is 0.0958 e. The first-order valence-electron chi connectivity index (χ1n) is 4.96. The van der Waals surface area contributed by atoms with Gasteiger partial charge in [-0.3, -0.25) is 0 Å². The number of rotatable bonds is 4. The second-order valence-corrected chi connectivity index (χ2v) is 3.38. The van der Waals surface area contributed by atoms with E-state index in [0.717, 1.165) is 25.0 Å². The Labute approximate surface area is 85.2 Å². The van der Waals surface area contributed by atoms with Crippen molar-refractivity contribution in [2.75, 3.05) is 13.6 Å². The standard InChI is InChI=1S/C11H15N3.H2/c1-12-7-4-8-14-9-13-10-5-2-3-6-11(10)14;/h2-3,5-6,9,12H,4,7-8H2,1H3;1H. The molecule has 0 unspecified atom stereocenters. The largest absolute Gasteiger partial charge is 0.331 e. The number of para-hydroxylation sites is 2. The average molecular weight is 191 g/mol. The van der Waals surface area contributed by atoms with Gasteiger partial charge in [0, 0.05) is 7.97 Å². The lowest BCUT2D eigenvalue weighted by molar-refractivity contribution is 0.624. The Hall–Kier alpha value is -1.35. The van der Waals surface area contributed by atoms with Crippen LogP contribution in [-0.4, -0.2) is 23.1 Å². The molecule has 0 saturated heterocycles. The number of benzene rings is 1. The van der Waals surface area contributed by atoms with Gasteiger partial charge in [-0.2, -0.15) is 0 Å². The van der Waals surface area contributed by atoms with Gasteiger partial charge in [-0.25, -0.2) is 4.98 Å². The van der Waals surface area contributed by atoms with E-state index in [0.29, 0.717) is 0 Å². The molecule has 1 aromatic heterocycles. The zero-order valence-electron chi connectivity index (χ0n) is 8.40. The second kappa shape index (κ2) is 4.24. The Kier molecular flexibility index (Phi) is 2.79. The maximum atomic E-state index is 4.34. The summed E-state index contributed by atoms with van der Waals surface area (Å²) in [5.41, 5.74) is 2.31. The summed E-state index contributed by atoms with van der Waals surface area (Å²) in [7, 11) is 1.98. The van der Waals surface area contributed by atoms with Crippen molar-refractivity contribution in [2.45, 2.75) is 13.0 Å². The van der Waals surface area contributed by atoms with Crippen molar-refractivity contribution in [2.24, 2.45) is 0 Å². The summed E-state index contributed by atoms with van der Waals surface area (Å²) < 4.78 is 2.20. The second-order valence-electron chi connectivity index (χ2n) is 3.38. The lowest BCUT2D eigenvalue weighted by Gasteiger charge is -2.03. The number of hydrogen-bond donors (Lipinski definition) is 1. The molecule has 0 saturated carbocycles. The molecule has 2 aromatic rings. The monoisotopic (exact) mass is 191 g/mol. The van der Waals surface area contributed by atoms with Gasteiger partial charge in [0.1, 0.15) is 0 Å². The summed E-state index contributed by atoms with van der Waals surface area (Å²) >= 11 is 0. The van der Waals surface area contributed by atoms with Crippen molar-refractivity contribution < 1.29 is 1.43 Å². The minimum atomic E-state index is 0. The molecule has 0 aliphatic rings. The molecule has 76 valence electrons. The average Bonchev–Trinajstić information content (AvgIpc) is 2.63. The SMILES string of the molecule is CNCCCn1cnc2ccccc21.[HH]. The molecule has 2 rings (SSSR count). The molecular formula is C11H17N3. The van der Waals surface area contributed by atoms with Gasteiger partial charge in [0.2, 0.25) is 0 Å². The van der Waals surface area contributed by atoms with Crippen LogP contribution < -0.4 is 5.32 Å². The summed E-state index contributed by atoms with van der Waals surface area (Å²) in [6, 6.07) is 8.23. The molecule has 0 aliphatic carbocycles. The number of nitrogens with one attached hydrogen (secondary N) is 1. The number of imidazole rings is 1. The molecule has 0 aliphatic heterocycles. The molecule has 1 aromatic carbocycles. The molecule has 0 spiro atoms. The number of aromatic nitrogens is 2. The zero-order chi connectivity index (χ0) is 9.80. The van der Waals surface area contributed by atoms with Crippen LogP contribution in [0.4, 0.5) is 0 Å². The molecule has 0 bridgehead atoms. The highest BCUT2D eigenvalue weighted by molar-refractivity contribution is 5.74. The number of aryl methyl sites for hydroxylation is 1. The van der Waals surface area contributed by atoms with Gasteiger partial charge in [-0.1, -0.05) is 12.1 Å². The van der Waals surface area contributed by atoms with Gasteiger partial charge >= 0.3 is 0 Å². The third-order valence-electron chi connectivity index (χ3n) is 2.35. The summed E-state index contributed by atoms with van der Waals surface area (Å²) in [6.07, 6.45) is 3.05. The first kappa shape index (κ1) is 9.21. The van der Waals surface area contributed by atoms with E-state index in [9.17, 15) is 0 Å². The molecule has 1 N–H and O–H groups in total. The van der Waals surface area contributed by atoms with Crippen molar-refractivity contribution in [3.05, 3.63) is 30.6 Å².